The van der Waals surface area contributed by atoms with Gasteiger partial charge in [0.05, 0.1) is 12.5 Å². The average molecular weight is 391 g/mol. The number of likely N-dealkylation sites (tertiary alicyclic amines) is 1. The van der Waals surface area contributed by atoms with E-state index in [1.165, 1.54) is 12.1 Å². The molecule has 0 bridgehead atoms. The summed E-state index contributed by atoms with van der Waals surface area (Å²) in [6, 6.07) is 6.15. The number of nitrogens with zero attached hydrogens (tertiary/aromatic N) is 2. The molecule has 1 aromatic rings. The van der Waals surface area contributed by atoms with Crippen molar-refractivity contribution in [3.63, 3.8) is 0 Å². The fraction of sp³-hybridized carbons (Fsp3) is 0.550. The first-order chi connectivity index (χ1) is 13.4. The highest BCUT2D eigenvalue weighted by atomic mass is 19.1. The first-order valence-corrected chi connectivity index (χ1v) is 9.79. The standard InChI is InChI=1S/C20H30FN5O2/c1-3-18(27)26-10-9-17(13-26)25-20(23-4-2)24-12-15(19(22)28)11-14-5-7-16(21)8-6-14/h5-8,15,17H,3-4,9-13H2,1-2H3,(H2,22,28)(H2,23,24,25). The minimum atomic E-state index is -0.484. The van der Waals surface area contributed by atoms with E-state index in [1.807, 2.05) is 18.7 Å². The lowest BCUT2D eigenvalue weighted by Crippen LogP contribution is -2.45. The van der Waals surface area contributed by atoms with Gasteiger partial charge in [0.2, 0.25) is 11.8 Å². The zero-order valence-corrected chi connectivity index (χ0v) is 16.6. The predicted octanol–water partition coefficient (Wildman–Crippen LogP) is 1.04. The van der Waals surface area contributed by atoms with E-state index in [2.05, 4.69) is 15.6 Å². The van der Waals surface area contributed by atoms with Gasteiger partial charge in [0, 0.05) is 32.1 Å². The number of nitrogens with two attached hydrogens (primary N) is 1. The quantitative estimate of drug-likeness (QED) is 0.455. The highest BCUT2D eigenvalue weighted by Crippen LogP contribution is 2.12. The molecule has 0 spiro atoms. The van der Waals surface area contributed by atoms with Crippen molar-refractivity contribution in [2.75, 3.05) is 26.2 Å². The van der Waals surface area contributed by atoms with Crippen molar-refractivity contribution in [1.82, 2.24) is 15.5 Å². The van der Waals surface area contributed by atoms with Crippen molar-refractivity contribution in [3.05, 3.63) is 35.6 Å². The molecule has 2 rings (SSSR count). The molecule has 154 valence electrons. The summed E-state index contributed by atoms with van der Waals surface area (Å²) in [5.41, 5.74) is 6.37. The summed E-state index contributed by atoms with van der Waals surface area (Å²) in [6.07, 6.45) is 1.76. The number of benzene rings is 1. The van der Waals surface area contributed by atoms with Gasteiger partial charge in [0.25, 0.3) is 0 Å². The fourth-order valence-corrected chi connectivity index (χ4v) is 3.20. The maximum absolute atomic E-state index is 13.1. The molecule has 1 aromatic carbocycles. The lowest BCUT2D eigenvalue weighted by atomic mass is 9.99. The fourth-order valence-electron chi connectivity index (χ4n) is 3.20. The molecule has 1 saturated heterocycles. The molecule has 28 heavy (non-hydrogen) atoms. The third kappa shape index (κ3) is 6.51. The number of amides is 2. The molecule has 0 aromatic heterocycles. The van der Waals surface area contributed by atoms with Crippen LogP contribution in [0.5, 0.6) is 0 Å². The number of carbonyl (C=O) groups is 2. The van der Waals surface area contributed by atoms with Gasteiger partial charge >= 0.3 is 0 Å². The van der Waals surface area contributed by atoms with Crippen LogP contribution in [0, 0.1) is 11.7 Å². The molecular weight excluding hydrogens is 361 g/mol. The van der Waals surface area contributed by atoms with E-state index < -0.39 is 11.8 Å². The number of rotatable bonds is 8. The van der Waals surface area contributed by atoms with Crippen molar-refractivity contribution < 1.29 is 14.0 Å². The van der Waals surface area contributed by atoms with E-state index in [-0.39, 0.29) is 24.3 Å². The molecule has 1 heterocycles. The highest BCUT2D eigenvalue weighted by molar-refractivity contribution is 5.82. The minimum Gasteiger partial charge on any atom is -0.369 e. The molecule has 8 heteroatoms. The van der Waals surface area contributed by atoms with Gasteiger partial charge in [-0.05, 0) is 37.5 Å². The van der Waals surface area contributed by atoms with Gasteiger partial charge in [0.1, 0.15) is 5.82 Å². The van der Waals surface area contributed by atoms with Crippen molar-refractivity contribution in [1.29, 1.82) is 0 Å². The van der Waals surface area contributed by atoms with Crippen LogP contribution in [0.25, 0.3) is 0 Å². The molecule has 7 nitrogen and oxygen atoms in total. The monoisotopic (exact) mass is 391 g/mol. The first-order valence-electron chi connectivity index (χ1n) is 9.79. The Morgan fingerprint density at radius 3 is 2.64 bits per heavy atom. The van der Waals surface area contributed by atoms with Crippen LogP contribution in [0.1, 0.15) is 32.3 Å². The minimum absolute atomic E-state index is 0.123. The molecule has 0 saturated carbocycles. The molecular formula is C20H30FN5O2. The van der Waals surface area contributed by atoms with Gasteiger partial charge in [-0.1, -0.05) is 19.1 Å². The average Bonchev–Trinajstić information content (AvgIpc) is 3.14. The van der Waals surface area contributed by atoms with Crippen molar-refractivity contribution in [3.8, 4) is 0 Å². The van der Waals surface area contributed by atoms with E-state index >= 15 is 0 Å². The molecule has 2 amide bonds. The van der Waals surface area contributed by atoms with Crippen LogP contribution in [0.4, 0.5) is 4.39 Å². The second-order valence-electron chi connectivity index (χ2n) is 6.97. The number of hydrogen-bond donors (Lipinski definition) is 3. The van der Waals surface area contributed by atoms with Crippen LogP contribution in [0.3, 0.4) is 0 Å². The Morgan fingerprint density at radius 2 is 2.04 bits per heavy atom. The summed E-state index contributed by atoms with van der Waals surface area (Å²) < 4.78 is 13.1. The second kappa shape index (κ2) is 10.6. The highest BCUT2D eigenvalue weighted by Gasteiger charge is 2.26. The summed E-state index contributed by atoms with van der Waals surface area (Å²) >= 11 is 0. The van der Waals surface area contributed by atoms with E-state index in [9.17, 15) is 14.0 Å². The van der Waals surface area contributed by atoms with E-state index in [4.69, 9.17) is 5.73 Å². The molecule has 4 N–H and O–H groups in total. The summed E-state index contributed by atoms with van der Waals surface area (Å²) in [6.45, 7) is 6.11. The predicted molar refractivity (Wildman–Crippen MR) is 107 cm³/mol. The first kappa shape index (κ1) is 21.7. The Labute approximate surface area is 165 Å². The van der Waals surface area contributed by atoms with E-state index in [0.29, 0.717) is 31.9 Å². The Hall–Kier alpha value is -2.64. The van der Waals surface area contributed by atoms with Crippen LogP contribution in [-0.4, -0.2) is 54.9 Å². The summed E-state index contributed by atoms with van der Waals surface area (Å²) in [7, 11) is 0. The zero-order chi connectivity index (χ0) is 20.5. The third-order valence-corrected chi connectivity index (χ3v) is 4.80. The van der Waals surface area contributed by atoms with E-state index in [1.54, 1.807) is 12.1 Å². The number of primary amides is 1. The molecule has 2 atom stereocenters. The lowest BCUT2D eigenvalue weighted by molar-refractivity contribution is -0.129. The van der Waals surface area contributed by atoms with Gasteiger partial charge in [-0.25, -0.2) is 4.39 Å². The van der Waals surface area contributed by atoms with Gasteiger partial charge in [-0.2, -0.15) is 0 Å². The second-order valence-corrected chi connectivity index (χ2v) is 6.97. The topological polar surface area (TPSA) is 99.8 Å². The summed E-state index contributed by atoms with van der Waals surface area (Å²) in [4.78, 5) is 30.0. The molecule has 0 aliphatic carbocycles. The Bertz CT molecular complexity index is 692. The Kier molecular flexibility index (Phi) is 8.22. The normalized spacial score (nSPS) is 18.0. The maximum atomic E-state index is 13.1. The smallest absolute Gasteiger partial charge is 0.222 e. The Morgan fingerprint density at radius 1 is 1.32 bits per heavy atom. The molecule has 1 fully saturated rings. The molecule has 0 radical (unpaired) electrons. The molecule has 1 aliphatic heterocycles. The SMILES string of the molecule is CCNC(=NCC(Cc1ccc(F)cc1)C(N)=O)NC1CCN(C(=O)CC)C1. The molecule has 1 aliphatic rings. The number of hydrogen-bond acceptors (Lipinski definition) is 3. The van der Waals surface area contributed by atoms with Crippen LogP contribution < -0.4 is 16.4 Å². The van der Waals surface area contributed by atoms with Crippen LogP contribution in [0.2, 0.25) is 0 Å². The maximum Gasteiger partial charge on any atom is 0.222 e. The largest absolute Gasteiger partial charge is 0.369 e. The van der Waals surface area contributed by atoms with Gasteiger partial charge in [-0.3, -0.25) is 14.6 Å². The number of carbonyl (C=O) groups excluding carboxylic acids is 2. The third-order valence-electron chi connectivity index (χ3n) is 4.80. The van der Waals surface area contributed by atoms with Crippen molar-refractivity contribution in [2.45, 2.75) is 39.2 Å². The summed E-state index contributed by atoms with van der Waals surface area (Å²) in [5, 5.41) is 6.50. The Balaban J connectivity index is 1.97. The molecule has 2 unspecified atom stereocenters. The van der Waals surface area contributed by atoms with Gasteiger partial charge in [-0.15, -0.1) is 0 Å². The van der Waals surface area contributed by atoms with Gasteiger partial charge < -0.3 is 21.3 Å². The van der Waals surface area contributed by atoms with Gasteiger partial charge in [0.15, 0.2) is 5.96 Å². The van der Waals surface area contributed by atoms with Crippen LogP contribution in [-0.2, 0) is 16.0 Å². The van der Waals surface area contributed by atoms with Crippen molar-refractivity contribution >= 4 is 17.8 Å². The van der Waals surface area contributed by atoms with E-state index in [0.717, 1.165) is 18.5 Å². The van der Waals surface area contributed by atoms with Crippen LogP contribution >= 0.6 is 0 Å². The number of aliphatic imine (C=N–C) groups is 1. The number of guanidine groups is 1. The van der Waals surface area contributed by atoms with Crippen LogP contribution in [0.15, 0.2) is 29.3 Å². The number of halogens is 1. The lowest BCUT2D eigenvalue weighted by Gasteiger charge is -2.19. The zero-order valence-electron chi connectivity index (χ0n) is 16.6. The number of nitrogens with one attached hydrogen (secondary N) is 2. The van der Waals surface area contributed by atoms with Crippen molar-refractivity contribution in [2.24, 2.45) is 16.6 Å². The summed E-state index contributed by atoms with van der Waals surface area (Å²) in [5.74, 6) is -0.488.